The summed E-state index contributed by atoms with van der Waals surface area (Å²) in [5, 5.41) is 4.21. The molecule has 0 amide bonds. The molecule has 1 atom stereocenters. The highest BCUT2D eigenvalue weighted by atomic mass is 35.5. The Morgan fingerprint density at radius 2 is 2.32 bits per heavy atom. The Labute approximate surface area is 117 Å². The summed E-state index contributed by atoms with van der Waals surface area (Å²) in [5.41, 5.74) is 2.07. The maximum Gasteiger partial charge on any atom is 0.129 e. The number of nitrogens with zero attached hydrogens (tertiary/aromatic N) is 2. The molecular formula is C14H18ClN3O. The molecule has 0 aliphatic carbocycles. The number of rotatable bonds is 2. The van der Waals surface area contributed by atoms with Crippen LogP contribution >= 0.6 is 11.6 Å². The van der Waals surface area contributed by atoms with Crippen molar-refractivity contribution in [3.63, 3.8) is 0 Å². The van der Waals surface area contributed by atoms with Gasteiger partial charge in [-0.1, -0.05) is 11.6 Å². The smallest absolute Gasteiger partial charge is 0.129 e. The predicted molar refractivity (Wildman–Crippen MR) is 76.7 cm³/mol. The average molecular weight is 280 g/mol. The Hall–Kier alpha value is -1.10. The van der Waals surface area contributed by atoms with Crippen molar-refractivity contribution in [2.45, 2.75) is 25.9 Å². The van der Waals surface area contributed by atoms with Gasteiger partial charge in [-0.2, -0.15) is 0 Å². The van der Waals surface area contributed by atoms with Crippen LogP contribution in [0.4, 0.5) is 0 Å². The van der Waals surface area contributed by atoms with E-state index in [4.69, 9.17) is 21.3 Å². The van der Waals surface area contributed by atoms with Gasteiger partial charge in [-0.05, 0) is 32.0 Å². The predicted octanol–water partition coefficient (Wildman–Crippen LogP) is 2.93. The molecule has 0 radical (unpaired) electrons. The third-order valence-electron chi connectivity index (χ3n) is 3.43. The zero-order chi connectivity index (χ0) is 13.4. The maximum absolute atomic E-state index is 6.11. The van der Waals surface area contributed by atoms with Crippen LogP contribution in [-0.4, -0.2) is 29.3 Å². The van der Waals surface area contributed by atoms with Gasteiger partial charge in [0.15, 0.2) is 0 Å². The summed E-state index contributed by atoms with van der Waals surface area (Å²) in [6, 6.07) is 6.33. The summed E-state index contributed by atoms with van der Waals surface area (Å²) < 4.78 is 7.79. The second-order valence-electron chi connectivity index (χ2n) is 5.15. The molecule has 1 N–H and O–H groups in total. The van der Waals surface area contributed by atoms with Crippen LogP contribution in [0, 0.1) is 0 Å². The molecule has 4 nitrogen and oxygen atoms in total. The summed E-state index contributed by atoms with van der Waals surface area (Å²) in [6.07, 6.45) is 0. The molecule has 2 aromatic rings. The van der Waals surface area contributed by atoms with Gasteiger partial charge in [0.05, 0.1) is 30.3 Å². The molecule has 3 rings (SSSR count). The van der Waals surface area contributed by atoms with Gasteiger partial charge in [-0.25, -0.2) is 4.98 Å². The molecule has 2 heterocycles. The van der Waals surface area contributed by atoms with Crippen molar-refractivity contribution < 1.29 is 4.74 Å². The molecule has 1 saturated heterocycles. The number of fused-ring (bicyclic) bond motifs is 1. The molecule has 19 heavy (non-hydrogen) atoms. The van der Waals surface area contributed by atoms with Gasteiger partial charge in [0, 0.05) is 17.6 Å². The van der Waals surface area contributed by atoms with Crippen LogP contribution in [0.25, 0.3) is 11.0 Å². The van der Waals surface area contributed by atoms with Crippen LogP contribution in [0.15, 0.2) is 18.2 Å². The van der Waals surface area contributed by atoms with E-state index in [-0.39, 0.29) is 6.04 Å². The number of ether oxygens (including phenoxy) is 1. The van der Waals surface area contributed by atoms with Crippen LogP contribution in [-0.2, 0) is 4.74 Å². The van der Waals surface area contributed by atoms with Crippen LogP contribution in [0.1, 0.15) is 31.8 Å². The first kappa shape index (κ1) is 12.9. The van der Waals surface area contributed by atoms with Crippen LogP contribution in [0.3, 0.4) is 0 Å². The number of aromatic nitrogens is 2. The first-order valence-electron chi connectivity index (χ1n) is 6.65. The number of hydrogen-bond donors (Lipinski definition) is 1. The van der Waals surface area contributed by atoms with E-state index in [1.807, 2.05) is 18.2 Å². The quantitative estimate of drug-likeness (QED) is 0.919. The van der Waals surface area contributed by atoms with Crippen molar-refractivity contribution in [1.82, 2.24) is 14.9 Å². The highest BCUT2D eigenvalue weighted by Gasteiger charge is 2.23. The standard InChI is InChI=1S/C14H18ClN3O/c1-9(2)18-13-7-10(15)3-4-11(13)17-14(18)12-8-19-6-5-16-12/h3-4,7,9,12,16H,5-6,8H2,1-2H3. The van der Waals surface area contributed by atoms with Crippen molar-refractivity contribution in [1.29, 1.82) is 0 Å². The molecule has 1 aliphatic rings. The molecule has 1 aliphatic heterocycles. The lowest BCUT2D eigenvalue weighted by Gasteiger charge is -2.25. The molecule has 1 aromatic carbocycles. The average Bonchev–Trinajstić information content (AvgIpc) is 2.78. The second kappa shape index (κ2) is 5.12. The van der Waals surface area contributed by atoms with Crippen LogP contribution in [0.5, 0.6) is 0 Å². The molecular weight excluding hydrogens is 262 g/mol. The monoisotopic (exact) mass is 279 g/mol. The van der Waals surface area contributed by atoms with E-state index < -0.39 is 0 Å². The minimum absolute atomic E-state index is 0.155. The first-order chi connectivity index (χ1) is 9.16. The van der Waals surface area contributed by atoms with Gasteiger partial charge < -0.3 is 14.6 Å². The maximum atomic E-state index is 6.11. The SMILES string of the molecule is CC(C)n1c(C2COCCN2)nc2ccc(Cl)cc21. The summed E-state index contributed by atoms with van der Waals surface area (Å²) in [4.78, 5) is 4.76. The molecule has 1 unspecified atom stereocenters. The van der Waals surface area contributed by atoms with E-state index in [9.17, 15) is 0 Å². The van der Waals surface area contributed by atoms with Crippen molar-refractivity contribution >= 4 is 22.6 Å². The minimum atomic E-state index is 0.155. The fourth-order valence-corrected chi connectivity index (χ4v) is 2.77. The number of imidazole rings is 1. The van der Waals surface area contributed by atoms with Crippen molar-refractivity contribution in [3.8, 4) is 0 Å². The molecule has 1 fully saturated rings. The number of halogens is 1. The van der Waals surface area contributed by atoms with Gasteiger partial charge in [0.1, 0.15) is 5.82 Å². The van der Waals surface area contributed by atoms with E-state index in [1.165, 1.54) is 0 Å². The van der Waals surface area contributed by atoms with Gasteiger partial charge in [-0.3, -0.25) is 0 Å². The molecule has 0 saturated carbocycles. The zero-order valence-corrected chi connectivity index (χ0v) is 11.9. The number of benzene rings is 1. The van der Waals surface area contributed by atoms with Crippen LogP contribution in [0.2, 0.25) is 5.02 Å². The minimum Gasteiger partial charge on any atom is -0.378 e. The highest BCUT2D eigenvalue weighted by Crippen LogP contribution is 2.27. The van der Waals surface area contributed by atoms with E-state index >= 15 is 0 Å². The fraction of sp³-hybridized carbons (Fsp3) is 0.500. The van der Waals surface area contributed by atoms with Crippen molar-refractivity contribution in [3.05, 3.63) is 29.0 Å². The summed E-state index contributed by atoms with van der Waals surface area (Å²) in [5.74, 6) is 1.03. The summed E-state index contributed by atoms with van der Waals surface area (Å²) >= 11 is 6.11. The third-order valence-corrected chi connectivity index (χ3v) is 3.66. The number of nitrogens with one attached hydrogen (secondary N) is 1. The normalized spacial score (nSPS) is 20.3. The summed E-state index contributed by atoms with van der Waals surface area (Å²) in [6.45, 7) is 6.63. The highest BCUT2D eigenvalue weighted by molar-refractivity contribution is 6.31. The lowest BCUT2D eigenvalue weighted by molar-refractivity contribution is 0.0729. The lowest BCUT2D eigenvalue weighted by Crippen LogP contribution is -2.36. The second-order valence-corrected chi connectivity index (χ2v) is 5.58. The van der Waals surface area contributed by atoms with Gasteiger partial charge in [0.25, 0.3) is 0 Å². The van der Waals surface area contributed by atoms with E-state index in [1.54, 1.807) is 0 Å². The van der Waals surface area contributed by atoms with E-state index in [0.29, 0.717) is 12.6 Å². The van der Waals surface area contributed by atoms with Crippen LogP contribution < -0.4 is 5.32 Å². The molecule has 1 aromatic heterocycles. The molecule has 102 valence electrons. The van der Waals surface area contributed by atoms with Gasteiger partial charge >= 0.3 is 0 Å². The van der Waals surface area contributed by atoms with Gasteiger partial charge in [-0.15, -0.1) is 0 Å². The Kier molecular flexibility index (Phi) is 3.48. The van der Waals surface area contributed by atoms with Gasteiger partial charge in [0.2, 0.25) is 0 Å². The Bertz CT molecular complexity index is 588. The van der Waals surface area contributed by atoms with Crippen molar-refractivity contribution in [2.24, 2.45) is 0 Å². The third kappa shape index (κ3) is 2.36. The first-order valence-corrected chi connectivity index (χ1v) is 7.03. The number of hydrogen-bond acceptors (Lipinski definition) is 3. The molecule has 0 bridgehead atoms. The molecule has 0 spiro atoms. The topological polar surface area (TPSA) is 39.1 Å². The largest absolute Gasteiger partial charge is 0.378 e. The lowest BCUT2D eigenvalue weighted by atomic mass is 10.2. The van der Waals surface area contributed by atoms with E-state index in [0.717, 1.165) is 35.0 Å². The summed E-state index contributed by atoms with van der Waals surface area (Å²) in [7, 11) is 0. The van der Waals surface area contributed by atoms with Crippen molar-refractivity contribution in [2.75, 3.05) is 19.8 Å². The Morgan fingerprint density at radius 3 is 3.00 bits per heavy atom. The Balaban J connectivity index is 2.14. The van der Waals surface area contributed by atoms with E-state index in [2.05, 4.69) is 23.7 Å². The fourth-order valence-electron chi connectivity index (χ4n) is 2.60. The zero-order valence-electron chi connectivity index (χ0n) is 11.2. The number of morpholine rings is 1. The molecule has 5 heteroatoms. The Morgan fingerprint density at radius 1 is 1.47 bits per heavy atom.